The topological polar surface area (TPSA) is 55.1 Å². The summed E-state index contributed by atoms with van der Waals surface area (Å²) in [5.41, 5.74) is 6.86. The van der Waals surface area contributed by atoms with Crippen LogP contribution >= 0.6 is 0 Å². The van der Waals surface area contributed by atoms with Crippen molar-refractivity contribution in [3.8, 4) is 0 Å². The van der Waals surface area contributed by atoms with Gasteiger partial charge in [0.15, 0.2) is 0 Å². The molecule has 0 unspecified atom stereocenters. The van der Waals surface area contributed by atoms with Crippen molar-refractivity contribution < 1.29 is 13.6 Å². The molecule has 0 spiro atoms. The second kappa shape index (κ2) is 5.23. The van der Waals surface area contributed by atoms with Gasteiger partial charge < -0.3 is 11.1 Å². The number of carbonyl (C=O) groups is 1. The lowest BCUT2D eigenvalue weighted by molar-refractivity contribution is 0.0118. The van der Waals surface area contributed by atoms with E-state index in [1.54, 1.807) is 26.0 Å². The Morgan fingerprint density at radius 3 is 2.35 bits per heavy atom. The lowest BCUT2D eigenvalue weighted by Gasteiger charge is -2.16. The fourth-order valence-electron chi connectivity index (χ4n) is 1.54. The summed E-state index contributed by atoms with van der Waals surface area (Å²) in [6.07, 6.45) is 0. The molecule has 0 saturated carbocycles. The maximum Gasteiger partial charge on any atom is 0.277 e. The van der Waals surface area contributed by atoms with Crippen LogP contribution in [-0.4, -0.2) is 24.9 Å². The first kappa shape index (κ1) is 13.6. The molecule has 1 aromatic carbocycles. The molecule has 3 N–H and O–H groups in total. The minimum absolute atomic E-state index is 0.445. The second-order valence-corrected chi connectivity index (χ2v) is 4.01. The minimum atomic E-state index is -3.06. The van der Waals surface area contributed by atoms with Gasteiger partial charge >= 0.3 is 0 Å². The van der Waals surface area contributed by atoms with Crippen molar-refractivity contribution in [1.29, 1.82) is 0 Å². The third-order valence-corrected chi connectivity index (χ3v) is 2.51. The highest BCUT2D eigenvalue weighted by Gasteiger charge is 2.27. The molecule has 0 atom stereocenters. The van der Waals surface area contributed by atoms with Crippen molar-refractivity contribution in [1.82, 2.24) is 5.32 Å². The first-order valence-electron chi connectivity index (χ1n) is 5.30. The summed E-state index contributed by atoms with van der Waals surface area (Å²) in [6.45, 7) is 2.02. The number of halogens is 2. The zero-order valence-electron chi connectivity index (χ0n) is 9.89. The molecule has 0 aliphatic rings. The van der Waals surface area contributed by atoms with E-state index in [0.717, 1.165) is 11.1 Å². The molecular formula is C12H16F2N2O. The molecule has 3 nitrogen and oxygen atoms in total. The van der Waals surface area contributed by atoms with E-state index in [1.807, 2.05) is 6.07 Å². The number of nitrogens with two attached hydrogens (primary N) is 1. The average Bonchev–Trinajstić information content (AvgIpc) is 2.26. The Bertz CT molecular complexity index is 399. The van der Waals surface area contributed by atoms with Gasteiger partial charge in [-0.15, -0.1) is 0 Å². The smallest absolute Gasteiger partial charge is 0.277 e. The van der Waals surface area contributed by atoms with Crippen LogP contribution in [0, 0.1) is 13.8 Å². The molecule has 1 amide bonds. The van der Waals surface area contributed by atoms with Crippen LogP contribution in [0.3, 0.4) is 0 Å². The minimum Gasteiger partial charge on any atom is -0.346 e. The Morgan fingerprint density at radius 1 is 1.35 bits per heavy atom. The summed E-state index contributed by atoms with van der Waals surface area (Å²) in [4.78, 5) is 11.8. The molecule has 94 valence electrons. The zero-order chi connectivity index (χ0) is 13.1. The largest absolute Gasteiger partial charge is 0.346 e. The molecule has 5 heteroatoms. The van der Waals surface area contributed by atoms with Gasteiger partial charge in [-0.05, 0) is 25.0 Å². The van der Waals surface area contributed by atoms with Crippen LogP contribution in [0.2, 0.25) is 0 Å². The SMILES string of the molecule is Cc1cccc(C)c1C(=O)NCC(F)(F)CN. The van der Waals surface area contributed by atoms with Crippen molar-refractivity contribution >= 4 is 5.91 Å². The Morgan fingerprint density at radius 2 is 1.88 bits per heavy atom. The molecule has 0 heterocycles. The van der Waals surface area contributed by atoms with E-state index in [1.165, 1.54) is 0 Å². The number of amides is 1. The number of hydrogen-bond acceptors (Lipinski definition) is 2. The molecule has 17 heavy (non-hydrogen) atoms. The average molecular weight is 242 g/mol. The fraction of sp³-hybridized carbons (Fsp3) is 0.417. The van der Waals surface area contributed by atoms with Gasteiger partial charge in [0.25, 0.3) is 11.8 Å². The van der Waals surface area contributed by atoms with Gasteiger partial charge in [-0.1, -0.05) is 18.2 Å². The second-order valence-electron chi connectivity index (χ2n) is 4.01. The van der Waals surface area contributed by atoms with Crippen molar-refractivity contribution in [2.75, 3.05) is 13.1 Å². The standard InChI is InChI=1S/C12H16F2N2O/c1-8-4-3-5-9(2)10(8)11(17)16-7-12(13,14)6-15/h3-5H,6-7,15H2,1-2H3,(H,16,17). The Hall–Kier alpha value is -1.49. The van der Waals surface area contributed by atoms with Crippen LogP contribution < -0.4 is 11.1 Å². The summed E-state index contributed by atoms with van der Waals surface area (Å²) in [5, 5.41) is 2.20. The first-order valence-corrected chi connectivity index (χ1v) is 5.30. The predicted molar refractivity (Wildman–Crippen MR) is 62.3 cm³/mol. The van der Waals surface area contributed by atoms with Gasteiger partial charge in [0.1, 0.15) is 0 Å². The Labute approximate surface area is 99.0 Å². The van der Waals surface area contributed by atoms with Crippen LogP contribution in [0.15, 0.2) is 18.2 Å². The molecule has 0 bridgehead atoms. The van der Waals surface area contributed by atoms with E-state index in [2.05, 4.69) is 5.32 Å². The summed E-state index contributed by atoms with van der Waals surface area (Å²) in [6, 6.07) is 5.35. The quantitative estimate of drug-likeness (QED) is 0.843. The summed E-state index contributed by atoms with van der Waals surface area (Å²) >= 11 is 0. The van der Waals surface area contributed by atoms with E-state index in [-0.39, 0.29) is 0 Å². The van der Waals surface area contributed by atoms with Gasteiger partial charge in [-0.25, -0.2) is 8.78 Å². The van der Waals surface area contributed by atoms with Crippen LogP contribution in [0.5, 0.6) is 0 Å². The van der Waals surface area contributed by atoms with Crippen LogP contribution in [0.4, 0.5) is 8.78 Å². The number of carbonyl (C=O) groups excluding carboxylic acids is 1. The molecule has 0 radical (unpaired) electrons. The fourth-order valence-corrected chi connectivity index (χ4v) is 1.54. The lowest BCUT2D eigenvalue weighted by atomic mass is 10.0. The van der Waals surface area contributed by atoms with E-state index in [9.17, 15) is 13.6 Å². The zero-order valence-corrected chi connectivity index (χ0v) is 9.89. The third-order valence-electron chi connectivity index (χ3n) is 2.51. The van der Waals surface area contributed by atoms with E-state index < -0.39 is 24.9 Å². The number of rotatable bonds is 4. The van der Waals surface area contributed by atoms with E-state index >= 15 is 0 Å². The monoisotopic (exact) mass is 242 g/mol. The number of aryl methyl sites for hydroxylation is 2. The normalized spacial score (nSPS) is 11.4. The number of hydrogen-bond donors (Lipinski definition) is 2. The predicted octanol–water partition coefficient (Wildman–Crippen LogP) is 1.63. The Kier molecular flexibility index (Phi) is 4.17. The highest BCUT2D eigenvalue weighted by Crippen LogP contribution is 2.14. The van der Waals surface area contributed by atoms with Crippen LogP contribution in [-0.2, 0) is 0 Å². The first-order chi connectivity index (χ1) is 7.87. The number of alkyl halides is 2. The molecular weight excluding hydrogens is 226 g/mol. The van der Waals surface area contributed by atoms with E-state index in [4.69, 9.17) is 5.73 Å². The molecule has 1 aromatic rings. The number of benzene rings is 1. The highest BCUT2D eigenvalue weighted by atomic mass is 19.3. The third kappa shape index (κ3) is 3.49. The molecule has 0 aliphatic carbocycles. The van der Waals surface area contributed by atoms with Crippen LogP contribution in [0.25, 0.3) is 0 Å². The van der Waals surface area contributed by atoms with Gasteiger partial charge in [-0.3, -0.25) is 4.79 Å². The molecule has 0 aromatic heterocycles. The van der Waals surface area contributed by atoms with Crippen molar-refractivity contribution in [2.24, 2.45) is 5.73 Å². The summed E-state index contributed by atoms with van der Waals surface area (Å²) in [5.74, 6) is -3.56. The maximum atomic E-state index is 12.9. The Balaban J connectivity index is 2.78. The number of nitrogens with one attached hydrogen (secondary N) is 1. The molecule has 0 fully saturated rings. The molecule has 0 saturated heterocycles. The van der Waals surface area contributed by atoms with Gasteiger partial charge in [-0.2, -0.15) is 0 Å². The highest BCUT2D eigenvalue weighted by molar-refractivity contribution is 5.97. The summed E-state index contributed by atoms with van der Waals surface area (Å²) in [7, 11) is 0. The van der Waals surface area contributed by atoms with Gasteiger partial charge in [0.05, 0.1) is 13.1 Å². The summed E-state index contributed by atoms with van der Waals surface area (Å²) < 4.78 is 25.8. The van der Waals surface area contributed by atoms with Crippen molar-refractivity contribution in [3.63, 3.8) is 0 Å². The maximum absolute atomic E-state index is 12.9. The van der Waals surface area contributed by atoms with Gasteiger partial charge in [0, 0.05) is 5.56 Å². The lowest BCUT2D eigenvalue weighted by Crippen LogP contribution is -2.41. The van der Waals surface area contributed by atoms with Crippen LogP contribution in [0.1, 0.15) is 21.5 Å². The van der Waals surface area contributed by atoms with E-state index in [0.29, 0.717) is 5.56 Å². The molecule has 1 rings (SSSR count). The molecule has 0 aliphatic heterocycles. The van der Waals surface area contributed by atoms with Crippen molar-refractivity contribution in [2.45, 2.75) is 19.8 Å². The van der Waals surface area contributed by atoms with Gasteiger partial charge in [0.2, 0.25) is 0 Å². The van der Waals surface area contributed by atoms with Crippen molar-refractivity contribution in [3.05, 3.63) is 34.9 Å².